The smallest absolute Gasteiger partial charge is 0.251 e. The molecule has 0 saturated heterocycles. The van der Waals surface area contributed by atoms with E-state index in [0.717, 1.165) is 6.54 Å². The van der Waals surface area contributed by atoms with Crippen LogP contribution in [0.5, 0.6) is 0 Å². The van der Waals surface area contributed by atoms with E-state index in [2.05, 4.69) is 36.6 Å². The first kappa shape index (κ1) is 14.8. The zero-order valence-electron chi connectivity index (χ0n) is 12.1. The van der Waals surface area contributed by atoms with Crippen LogP contribution in [0.4, 0.5) is 0 Å². The molecule has 0 aliphatic carbocycles. The number of hydrogen-bond acceptors (Lipinski definition) is 3. The van der Waals surface area contributed by atoms with Gasteiger partial charge in [0, 0.05) is 35.0 Å². The van der Waals surface area contributed by atoms with E-state index in [9.17, 15) is 4.79 Å². The SMILES string of the molecule is CNC(=O)c1ccc(CNC(C)c2ccc(C)s2)cc1. The number of carbonyl (C=O) groups is 1. The van der Waals surface area contributed by atoms with Crippen LogP contribution in [0.25, 0.3) is 0 Å². The molecule has 1 unspecified atom stereocenters. The molecule has 0 radical (unpaired) electrons. The van der Waals surface area contributed by atoms with Crippen LogP contribution in [0.1, 0.15) is 38.6 Å². The lowest BCUT2D eigenvalue weighted by molar-refractivity contribution is 0.0963. The highest BCUT2D eigenvalue weighted by Gasteiger charge is 2.07. The molecule has 0 aliphatic rings. The summed E-state index contributed by atoms with van der Waals surface area (Å²) in [6.07, 6.45) is 0. The molecular formula is C16H20N2OS. The molecule has 0 saturated carbocycles. The van der Waals surface area contributed by atoms with Gasteiger partial charge in [-0.15, -0.1) is 11.3 Å². The molecule has 4 heteroatoms. The first-order valence-corrected chi connectivity index (χ1v) is 7.52. The number of thiophene rings is 1. The van der Waals surface area contributed by atoms with Crippen LogP contribution in [-0.2, 0) is 6.54 Å². The summed E-state index contributed by atoms with van der Waals surface area (Å²) in [6.45, 7) is 5.09. The standard InChI is InChI=1S/C16H20N2OS/c1-11-4-9-15(20-11)12(2)18-10-13-5-7-14(8-6-13)16(19)17-3/h4-9,12,18H,10H2,1-3H3,(H,17,19). The van der Waals surface area contributed by atoms with Crippen LogP contribution < -0.4 is 10.6 Å². The summed E-state index contributed by atoms with van der Waals surface area (Å²) >= 11 is 1.82. The monoisotopic (exact) mass is 288 g/mol. The van der Waals surface area contributed by atoms with E-state index in [1.54, 1.807) is 7.05 Å². The van der Waals surface area contributed by atoms with Crippen molar-refractivity contribution in [2.45, 2.75) is 26.4 Å². The maximum absolute atomic E-state index is 11.5. The normalized spacial score (nSPS) is 12.2. The Balaban J connectivity index is 1.92. The first-order chi connectivity index (χ1) is 9.60. The molecule has 1 aromatic carbocycles. The van der Waals surface area contributed by atoms with Gasteiger partial charge in [-0.3, -0.25) is 4.79 Å². The number of aryl methyl sites for hydroxylation is 1. The zero-order chi connectivity index (χ0) is 14.5. The van der Waals surface area contributed by atoms with E-state index in [0.29, 0.717) is 11.6 Å². The highest BCUT2D eigenvalue weighted by atomic mass is 32.1. The summed E-state index contributed by atoms with van der Waals surface area (Å²) < 4.78 is 0. The first-order valence-electron chi connectivity index (χ1n) is 6.71. The second kappa shape index (κ2) is 6.68. The van der Waals surface area contributed by atoms with Gasteiger partial charge < -0.3 is 10.6 Å². The van der Waals surface area contributed by atoms with E-state index in [4.69, 9.17) is 0 Å². The van der Waals surface area contributed by atoms with E-state index in [1.807, 2.05) is 35.6 Å². The van der Waals surface area contributed by atoms with Crippen molar-refractivity contribution in [2.75, 3.05) is 7.05 Å². The largest absolute Gasteiger partial charge is 0.355 e. The Hall–Kier alpha value is -1.65. The molecular weight excluding hydrogens is 268 g/mol. The van der Waals surface area contributed by atoms with E-state index < -0.39 is 0 Å². The zero-order valence-corrected chi connectivity index (χ0v) is 12.9. The van der Waals surface area contributed by atoms with Crippen LogP contribution in [0, 0.1) is 6.92 Å². The summed E-state index contributed by atoms with van der Waals surface area (Å²) in [6, 6.07) is 12.4. The lowest BCUT2D eigenvalue weighted by Crippen LogP contribution is -2.19. The maximum atomic E-state index is 11.5. The fourth-order valence-corrected chi connectivity index (χ4v) is 2.88. The van der Waals surface area contributed by atoms with Crippen molar-refractivity contribution in [1.29, 1.82) is 0 Å². The Morgan fingerprint density at radius 1 is 1.20 bits per heavy atom. The lowest BCUT2D eigenvalue weighted by atomic mass is 10.1. The van der Waals surface area contributed by atoms with Crippen LogP contribution >= 0.6 is 11.3 Å². The molecule has 0 aliphatic heterocycles. The number of carbonyl (C=O) groups excluding carboxylic acids is 1. The average Bonchev–Trinajstić information content (AvgIpc) is 2.91. The predicted molar refractivity (Wildman–Crippen MR) is 84.1 cm³/mol. The predicted octanol–water partition coefficient (Wildman–Crippen LogP) is 3.27. The molecule has 2 rings (SSSR count). The molecule has 20 heavy (non-hydrogen) atoms. The van der Waals surface area contributed by atoms with Gasteiger partial charge in [0.2, 0.25) is 0 Å². The molecule has 1 heterocycles. The molecule has 1 amide bonds. The number of hydrogen-bond donors (Lipinski definition) is 2. The molecule has 2 aromatic rings. The van der Waals surface area contributed by atoms with Crippen LogP contribution in [0.2, 0.25) is 0 Å². The quantitative estimate of drug-likeness (QED) is 0.886. The highest BCUT2D eigenvalue weighted by Crippen LogP contribution is 2.22. The molecule has 1 atom stereocenters. The minimum atomic E-state index is -0.0491. The van der Waals surface area contributed by atoms with Crippen LogP contribution in [0.3, 0.4) is 0 Å². The van der Waals surface area contributed by atoms with E-state index in [-0.39, 0.29) is 5.91 Å². The molecule has 0 bridgehead atoms. The Labute approximate surface area is 124 Å². The topological polar surface area (TPSA) is 41.1 Å². The van der Waals surface area contributed by atoms with Gasteiger partial charge in [-0.2, -0.15) is 0 Å². The van der Waals surface area contributed by atoms with Crippen molar-refractivity contribution in [3.05, 3.63) is 57.3 Å². The van der Waals surface area contributed by atoms with Crippen LogP contribution in [-0.4, -0.2) is 13.0 Å². The summed E-state index contributed by atoms with van der Waals surface area (Å²) in [5.74, 6) is -0.0491. The fourth-order valence-electron chi connectivity index (χ4n) is 1.98. The summed E-state index contributed by atoms with van der Waals surface area (Å²) in [5.41, 5.74) is 1.87. The summed E-state index contributed by atoms with van der Waals surface area (Å²) in [5, 5.41) is 6.12. The minimum absolute atomic E-state index is 0.0491. The third-order valence-electron chi connectivity index (χ3n) is 3.24. The molecule has 0 spiro atoms. The van der Waals surface area contributed by atoms with Crippen molar-refractivity contribution >= 4 is 17.2 Å². The molecule has 2 N–H and O–H groups in total. The second-order valence-corrected chi connectivity index (χ2v) is 6.15. The molecule has 1 aromatic heterocycles. The highest BCUT2D eigenvalue weighted by molar-refractivity contribution is 7.12. The summed E-state index contributed by atoms with van der Waals surface area (Å²) in [4.78, 5) is 14.1. The van der Waals surface area contributed by atoms with Crippen molar-refractivity contribution in [2.24, 2.45) is 0 Å². The van der Waals surface area contributed by atoms with Gasteiger partial charge in [0.15, 0.2) is 0 Å². The van der Waals surface area contributed by atoms with Crippen LogP contribution in [0.15, 0.2) is 36.4 Å². The second-order valence-electron chi connectivity index (χ2n) is 4.83. The minimum Gasteiger partial charge on any atom is -0.355 e. The Morgan fingerprint density at radius 2 is 1.90 bits per heavy atom. The van der Waals surface area contributed by atoms with Gasteiger partial charge >= 0.3 is 0 Å². The van der Waals surface area contributed by atoms with Gasteiger partial charge in [-0.1, -0.05) is 12.1 Å². The van der Waals surface area contributed by atoms with Crippen molar-refractivity contribution in [3.8, 4) is 0 Å². The fraction of sp³-hybridized carbons (Fsp3) is 0.312. The number of benzene rings is 1. The summed E-state index contributed by atoms with van der Waals surface area (Å²) in [7, 11) is 1.64. The third-order valence-corrected chi connectivity index (χ3v) is 4.43. The van der Waals surface area contributed by atoms with E-state index in [1.165, 1.54) is 15.3 Å². The van der Waals surface area contributed by atoms with Crippen molar-refractivity contribution < 1.29 is 4.79 Å². The number of amides is 1. The Kier molecular flexibility index (Phi) is 4.93. The van der Waals surface area contributed by atoms with Gasteiger partial charge in [0.05, 0.1) is 0 Å². The molecule has 0 fully saturated rings. The van der Waals surface area contributed by atoms with Gasteiger partial charge in [0.1, 0.15) is 0 Å². The van der Waals surface area contributed by atoms with Gasteiger partial charge in [-0.05, 0) is 43.7 Å². The number of nitrogens with one attached hydrogen (secondary N) is 2. The van der Waals surface area contributed by atoms with E-state index >= 15 is 0 Å². The average molecular weight is 288 g/mol. The molecule has 106 valence electrons. The molecule has 3 nitrogen and oxygen atoms in total. The van der Waals surface area contributed by atoms with Crippen molar-refractivity contribution in [3.63, 3.8) is 0 Å². The number of rotatable bonds is 5. The lowest BCUT2D eigenvalue weighted by Gasteiger charge is -2.12. The van der Waals surface area contributed by atoms with Gasteiger partial charge in [0.25, 0.3) is 5.91 Å². The Morgan fingerprint density at radius 3 is 2.45 bits per heavy atom. The Bertz CT molecular complexity index is 574. The maximum Gasteiger partial charge on any atom is 0.251 e. The third kappa shape index (κ3) is 3.68. The van der Waals surface area contributed by atoms with Gasteiger partial charge in [-0.25, -0.2) is 0 Å². The van der Waals surface area contributed by atoms with Crippen molar-refractivity contribution in [1.82, 2.24) is 10.6 Å².